The van der Waals surface area contributed by atoms with Crippen LogP contribution in [0.5, 0.6) is 5.75 Å². The van der Waals surface area contributed by atoms with E-state index in [1.165, 1.54) is 11.6 Å². The molecule has 3 fully saturated rings. The van der Waals surface area contributed by atoms with Crippen LogP contribution in [0.2, 0.25) is 0 Å². The Kier molecular flexibility index (Phi) is 8.25. The number of ether oxygens (including phenoxy) is 5. The van der Waals surface area contributed by atoms with Crippen LogP contribution in [0.25, 0.3) is 6.08 Å². The topological polar surface area (TPSA) is 73.1 Å². The van der Waals surface area contributed by atoms with Crippen molar-refractivity contribution in [3.63, 3.8) is 0 Å². The van der Waals surface area contributed by atoms with Crippen molar-refractivity contribution in [2.24, 2.45) is 5.92 Å². The Morgan fingerprint density at radius 3 is 2.56 bits per heavy atom. The van der Waals surface area contributed by atoms with Gasteiger partial charge in [0, 0.05) is 19.7 Å². The Bertz CT molecular complexity index is 962. The van der Waals surface area contributed by atoms with E-state index in [2.05, 4.69) is 31.7 Å². The number of rotatable bonds is 11. The minimum Gasteiger partial charge on any atom is -0.492 e. The lowest BCUT2D eigenvalue weighted by Gasteiger charge is -2.42. The molecule has 0 radical (unpaired) electrons. The van der Waals surface area contributed by atoms with Crippen LogP contribution < -0.4 is 4.74 Å². The lowest BCUT2D eigenvalue weighted by atomic mass is 9.68. The highest BCUT2D eigenvalue weighted by Crippen LogP contribution is 2.59. The number of allylic oxidation sites excluding steroid dienone is 1. The molecule has 4 rings (SSSR count). The second kappa shape index (κ2) is 11.1. The summed E-state index contributed by atoms with van der Waals surface area (Å²) in [5.41, 5.74) is 1.61. The van der Waals surface area contributed by atoms with Crippen LogP contribution in [-0.2, 0) is 23.7 Å². The number of hydrogen-bond acceptors (Lipinski definition) is 7. The van der Waals surface area contributed by atoms with Crippen molar-refractivity contribution >= 4 is 12.0 Å². The second-order valence-electron chi connectivity index (χ2n) is 10.9. The lowest BCUT2D eigenvalue weighted by Crippen LogP contribution is -2.55. The van der Waals surface area contributed by atoms with E-state index in [4.69, 9.17) is 23.7 Å². The van der Waals surface area contributed by atoms with Crippen LogP contribution in [0.1, 0.15) is 45.6 Å². The van der Waals surface area contributed by atoms with Crippen LogP contribution >= 0.6 is 0 Å². The molecule has 6 atom stereocenters. The first kappa shape index (κ1) is 26.9. The zero-order chi connectivity index (χ0) is 25.9. The number of benzene rings is 1. The van der Waals surface area contributed by atoms with Gasteiger partial charge in [0.1, 0.15) is 35.8 Å². The molecule has 1 aliphatic carbocycles. The Morgan fingerprint density at radius 1 is 1.22 bits per heavy atom. The fourth-order valence-electron chi connectivity index (χ4n) is 5.44. The highest BCUT2D eigenvalue weighted by Gasteiger charge is 2.72. The van der Waals surface area contributed by atoms with Gasteiger partial charge in [0.2, 0.25) is 0 Å². The Morgan fingerprint density at radius 2 is 1.94 bits per heavy atom. The van der Waals surface area contributed by atoms with Gasteiger partial charge < -0.3 is 28.6 Å². The minimum atomic E-state index is -0.372. The molecule has 0 N–H and O–H groups in total. The smallest absolute Gasteiger partial charge is 0.331 e. The van der Waals surface area contributed by atoms with Gasteiger partial charge in [-0.05, 0) is 77.9 Å². The molecule has 1 spiro atoms. The first-order valence-electron chi connectivity index (χ1n) is 12.9. The molecular formula is C29H41NO6. The standard InChI is InChI=1S/C29H41NO6/c1-20(2)7-13-24-28(3,36-24)27-26(32-6)23(15-16-29(27)19-34-29)35-25(31)14-10-21-8-11-22(12-9-21)33-18-17-30(4)5/h7-12,14,23-24,26-27H,13,15-19H2,1-6H3/t23-,24-,26-,27-,28+,29+/m1/s1. The van der Waals surface area contributed by atoms with Gasteiger partial charge in [-0.15, -0.1) is 0 Å². The van der Waals surface area contributed by atoms with Crippen molar-refractivity contribution in [2.45, 2.75) is 69.5 Å². The number of carbonyl (C=O) groups excluding carboxylic acids is 1. The largest absolute Gasteiger partial charge is 0.492 e. The van der Waals surface area contributed by atoms with Crippen molar-refractivity contribution < 1.29 is 28.5 Å². The number of epoxide rings is 2. The van der Waals surface area contributed by atoms with E-state index in [-0.39, 0.29) is 41.4 Å². The third-order valence-electron chi connectivity index (χ3n) is 7.60. The van der Waals surface area contributed by atoms with Crippen LogP contribution in [-0.4, -0.2) is 81.3 Å². The molecule has 0 amide bonds. The van der Waals surface area contributed by atoms with Gasteiger partial charge in [0.05, 0.1) is 18.6 Å². The van der Waals surface area contributed by atoms with Crippen LogP contribution in [0, 0.1) is 5.92 Å². The Labute approximate surface area is 215 Å². The highest BCUT2D eigenvalue weighted by molar-refractivity contribution is 5.87. The number of carbonyl (C=O) groups is 1. The van der Waals surface area contributed by atoms with E-state index < -0.39 is 0 Å². The molecule has 2 saturated heterocycles. The number of hydrogen-bond donors (Lipinski definition) is 0. The van der Waals surface area contributed by atoms with Crippen molar-refractivity contribution in [1.29, 1.82) is 0 Å². The minimum absolute atomic E-state index is 0.0149. The van der Waals surface area contributed by atoms with E-state index in [9.17, 15) is 4.79 Å². The maximum Gasteiger partial charge on any atom is 0.331 e. The molecule has 7 nitrogen and oxygen atoms in total. The first-order valence-corrected chi connectivity index (χ1v) is 12.9. The van der Waals surface area contributed by atoms with Crippen LogP contribution in [0.4, 0.5) is 0 Å². The van der Waals surface area contributed by atoms with E-state index in [1.807, 2.05) is 38.4 Å². The van der Waals surface area contributed by atoms with E-state index in [0.29, 0.717) is 19.6 Å². The van der Waals surface area contributed by atoms with Crippen molar-refractivity contribution in [3.8, 4) is 5.75 Å². The zero-order valence-corrected chi connectivity index (χ0v) is 22.5. The summed E-state index contributed by atoms with van der Waals surface area (Å²) in [5.74, 6) is 0.450. The first-order chi connectivity index (χ1) is 17.2. The van der Waals surface area contributed by atoms with Gasteiger partial charge in [-0.3, -0.25) is 0 Å². The van der Waals surface area contributed by atoms with Gasteiger partial charge in [-0.25, -0.2) is 4.79 Å². The Hall–Kier alpha value is -2.19. The second-order valence-corrected chi connectivity index (χ2v) is 10.9. The highest BCUT2D eigenvalue weighted by atomic mass is 16.6. The number of nitrogens with zero attached hydrogens (tertiary/aromatic N) is 1. The third kappa shape index (κ3) is 6.20. The molecule has 0 aromatic heterocycles. The zero-order valence-electron chi connectivity index (χ0n) is 22.5. The molecule has 3 aliphatic rings. The SMILES string of the molecule is CO[C@@H]1[C@H](OC(=O)C=Cc2ccc(OCCN(C)C)cc2)CC[C@]2(CO2)[C@H]1[C@@]1(C)O[C@@H]1CC=C(C)C. The number of methoxy groups -OCH3 is 1. The summed E-state index contributed by atoms with van der Waals surface area (Å²) >= 11 is 0. The van der Waals surface area contributed by atoms with E-state index in [1.54, 1.807) is 13.2 Å². The van der Waals surface area contributed by atoms with Crippen molar-refractivity contribution in [2.75, 3.05) is 41.0 Å². The molecular weight excluding hydrogens is 458 g/mol. The summed E-state index contributed by atoms with van der Waals surface area (Å²) in [7, 11) is 5.72. The maximum absolute atomic E-state index is 12.7. The molecule has 1 aromatic carbocycles. The van der Waals surface area contributed by atoms with Gasteiger partial charge >= 0.3 is 5.97 Å². The quantitative estimate of drug-likeness (QED) is 0.195. The summed E-state index contributed by atoms with van der Waals surface area (Å²) in [5, 5.41) is 0. The predicted octanol–water partition coefficient (Wildman–Crippen LogP) is 4.26. The van der Waals surface area contributed by atoms with Crippen molar-refractivity contribution in [1.82, 2.24) is 4.90 Å². The van der Waals surface area contributed by atoms with Gasteiger partial charge in [0.25, 0.3) is 0 Å². The van der Waals surface area contributed by atoms with Crippen LogP contribution in [0.15, 0.2) is 42.0 Å². The van der Waals surface area contributed by atoms with Crippen molar-refractivity contribution in [3.05, 3.63) is 47.6 Å². The Balaban J connectivity index is 1.36. The fourth-order valence-corrected chi connectivity index (χ4v) is 5.44. The van der Waals surface area contributed by atoms with Gasteiger partial charge in [-0.1, -0.05) is 23.8 Å². The number of esters is 1. The predicted molar refractivity (Wildman–Crippen MR) is 139 cm³/mol. The van der Waals surface area contributed by atoms with E-state index in [0.717, 1.165) is 30.7 Å². The molecule has 1 saturated carbocycles. The van der Waals surface area contributed by atoms with Gasteiger partial charge in [-0.2, -0.15) is 0 Å². The summed E-state index contributed by atoms with van der Waals surface area (Å²) in [6.07, 6.45) is 7.38. The molecule has 0 unspecified atom stereocenters. The van der Waals surface area contributed by atoms with Crippen LogP contribution in [0.3, 0.4) is 0 Å². The molecule has 2 aliphatic heterocycles. The molecule has 2 heterocycles. The molecule has 7 heteroatoms. The summed E-state index contributed by atoms with van der Waals surface area (Å²) in [4.78, 5) is 14.8. The third-order valence-corrected chi connectivity index (χ3v) is 7.60. The monoisotopic (exact) mass is 499 g/mol. The number of likely N-dealkylation sites (N-methyl/N-ethyl adjacent to an activating group) is 1. The van der Waals surface area contributed by atoms with E-state index >= 15 is 0 Å². The maximum atomic E-state index is 12.7. The molecule has 0 bridgehead atoms. The molecule has 198 valence electrons. The summed E-state index contributed by atoms with van der Waals surface area (Å²) in [6, 6.07) is 7.67. The average Bonchev–Trinajstić information content (AvgIpc) is 3.75. The average molecular weight is 500 g/mol. The van der Waals surface area contributed by atoms with Gasteiger partial charge in [0.15, 0.2) is 0 Å². The normalized spacial score (nSPS) is 33.1. The molecule has 36 heavy (non-hydrogen) atoms. The summed E-state index contributed by atoms with van der Waals surface area (Å²) < 4.78 is 29.8. The summed E-state index contributed by atoms with van der Waals surface area (Å²) in [6.45, 7) is 8.54. The molecule has 1 aromatic rings. The lowest BCUT2D eigenvalue weighted by molar-refractivity contribution is -0.166. The fraction of sp³-hybridized carbons (Fsp3) is 0.621.